The summed E-state index contributed by atoms with van der Waals surface area (Å²) < 4.78 is 0. The molecule has 0 spiro atoms. The number of likely N-dealkylation sites (tertiary alicyclic amines) is 1. The quantitative estimate of drug-likeness (QED) is 0.940. The van der Waals surface area contributed by atoms with Gasteiger partial charge in [0.2, 0.25) is 0 Å². The van der Waals surface area contributed by atoms with Gasteiger partial charge in [-0.25, -0.2) is 4.98 Å². The highest BCUT2D eigenvalue weighted by Crippen LogP contribution is 2.26. The van der Waals surface area contributed by atoms with Crippen LogP contribution in [0.2, 0.25) is 0 Å². The second kappa shape index (κ2) is 6.81. The summed E-state index contributed by atoms with van der Waals surface area (Å²) in [4.78, 5) is 19.2. The Labute approximate surface area is 141 Å². The van der Waals surface area contributed by atoms with Crippen LogP contribution in [-0.2, 0) is 0 Å². The number of amides is 1. The summed E-state index contributed by atoms with van der Waals surface area (Å²) in [5.74, 6) is 0.645. The van der Waals surface area contributed by atoms with Gasteiger partial charge in [-0.1, -0.05) is 12.1 Å². The highest BCUT2D eigenvalue weighted by Gasteiger charge is 2.25. The first-order valence-electron chi connectivity index (χ1n) is 8.12. The molecule has 0 radical (unpaired) electrons. The van der Waals surface area contributed by atoms with Crippen LogP contribution < -0.4 is 5.73 Å². The van der Waals surface area contributed by atoms with Gasteiger partial charge < -0.3 is 10.6 Å². The Morgan fingerprint density at radius 2 is 2.13 bits per heavy atom. The van der Waals surface area contributed by atoms with E-state index < -0.39 is 0 Å². The Balaban J connectivity index is 1.73. The molecule has 1 unspecified atom stereocenters. The summed E-state index contributed by atoms with van der Waals surface area (Å²) in [5.41, 5.74) is 8.75. The number of carbonyl (C=O) groups excluding carboxylic acids is 1. The SMILES string of the molecule is Cc1csc(-c2cccc(C(=O)N3CCC(C(C)N)CC3)c2)n1. The number of nitrogens with two attached hydrogens (primary N) is 1. The molecule has 23 heavy (non-hydrogen) atoms. The Morgan fingerprint density at radius 1 is 1.39 bits per heavy atom. The molecular formula is C18H23N3OS. The van der Waals surface area contributed by atoms with Crippen molar-refractivity contribution in [2.45, 2.75) is 32.7 Å². The number of nitrogens with zero attached hydrogens (tertiary/aromatic N) is 2. The lowest BCUT2D eigenvalue weighted by molar-refractivity contribution is 0.0681. The van der Waals surface area contributed by atoms with Crippen LogP contribution in [0.3, 0.4) is 0 Å². The van der Waals surface area contributed by atoms with Crippen LogP contribution in [0.1, 0.15) is 35.8 Å². The zero-order chi connectivity index (χ0) is 16.4. The number of piperidine rings is 1. The molecule has 1 aromatic carbocycles. The fourth-order valence-electron chi connectivity index (χ4n) is 3.08. The zero-order valence-electron chi connectivity index (χ0n) is 13.7. The van der Waals surface area contributed by atoms with Crippen LogP contribution in [0.25, 0.3) is 10.6 Å². The lowest BCUT2D eigenvalue weighted by Crippen LogP contribution is -2.42. The van der Waals surface area contributed by atoms with Crippen molar-refractivity contribution in [2.24, 2.45) is 11.7 Å². The van der Waals surface area contributed by atoms with Crippen LogP contribution in [0.4, 0.5) is 0 Å². The smallest absolute Gasteiger partial charge is 0.253 e. The van der Waals surface area contributed by atoms with Crippen LogP contribution in [-0.4, -0.2) is 34.9 Å². The number of hydrogen-bond acceptors (Lipinski definition) is 4. The maximum absolute atomic E-state index is 12.7. The summed E-state index contributed by atoms with van der Waals surface area (Å²) in [7, 11) is 0. The van der Waals surface area contributed by atoms with Crippen molar-refractivity contribution in [2.75, 3.05) is 13.1 Å². The third-order valence-electron chi connectivity index (χ3n) is 4.55. The Bertz CT molecular complexity index is 687. The van der Waals surface area contributed by atoms with E-state index in [0.717, 1.165) is 47.8 Å². The molecule has 122 valence electrons. The third kappa shape index (κ3) is 3.62. The average molecular weight is 329 g/mol. The number of hydrogen-bond donors (Lipinski definition) is 1. The molecule has 2 N–H and O–H groups in total. The first kappa shape index (κ1) is 16.1. The molecule has 5 heteroatoms. The van der Waals surface area contributed by atoms with Crippen LogP contribution in [0.5, 0.6) is 0 Å². The molecule has 1 atom stereocenters. The van der Waals surface area contributed by atoms with E-state index in [1.54, 1.807) is 11.3 Å². The molecule has 1 saturated heterocycles. The average Bonchev–Trinajstić information content (AvgIpc) is 3.01. The second-order valence-corrected chi connectivity index (χ2v) is 7.22. The lowest BCUT2D eigenvalue weighted by atomic mass is 9.90. The van der Waals surface area contributed by atoms with E-state index in [0.29, 0.717) is 5.92 Å². The molecule has 3 rings (SSSR count). The van der Waals surface area contributed by atoms with E-state index >= 15 is 0 Å². The zero-order valence-corrected chi connectivity index (χ0v) is 14.5. The maximum atomic E-state index is 12.7. The summed E-state index contributed by atoms with van der Waals surface area (Å²) in [6.45, 7) is 5.64. The molecular weight excluding hydrogens is 306 g/mol. The second-order valence-electron chi connectivity index (χ2n) is 6.36. The summed E-state index contributed by atoms with van der Waals surface area (Å²) >= 11 is 1.61. The van der Waals surface area contributed by atoms with Gasteiger partial charge in [0, 0.05) is 41.3 Å². The Kier molecular flexibility index (Phi) is 4.78. The van der Waals surface area contributed by atoms with Gasteiger partial charge in [0.05, 0.1) is 0 Å². The molecule has 1 aliphatic rings. The van der Waals surface area contributed by atoms with Crippen molar-refractivity contribution >= 4 is 17.2 Å². The predicted molar refractivity (Wildman–Crippen MR) is 94.6 cm³/mol. The van der Waals surface area contributed by atoms with Gasteiger partial charge in [-0.3, -0.25) is 4.79 Å². The topological polar surface area (TPSA) is 59.2 Å². The summed E-state index contributed by atoms with van der Waals surface area (Å²) in [6.07, 6.45) is 1.99. The van der Waals surface area contributed by atoms with E-state index in [2.05, 4.69) is 11.9 Å². The van der Waals surface area contributed by atoms with Gasteiger partial charge in [0.1, 0.15) is 5.01 Å². The summed E-state index contributed by atoms with van der Waals surface area (Å²) in [6, 6.07) is 8.01. The number of aromatic nitrogens is 1. The van der Waals surface area contributed by atoms with Gasteiger partial charge in [0.15, 0.2) is 0 Å². The van der Waals surface area contributed by atoms with Crippen molar-refractivity contribution < 1.29 is 4.79 Å². The number of rotatable bonds is 3. The van der Waals surface area contributed by atoms with E-state index in [9.17, 15) is 4.79 Å². The first-order chi connectivity index (χ1) is 11.0. The maximum Gasteiger partial charge on any atom is 0.253 e. The van der Waals surface area contributed by atoms with E-state index in [1.165, 1.54) is 0 Å². The molecule has 1 amide bonds. The Hall–Kier alpha value is -1.72. The standard InChI is InChI=1S/C18H23N3OS/c1-12-11-23-17(20-12)15-4-3-5-16(10-15)18(22)21-8-6-14(7-9-21)13(2)19/h3-5,10-11,13-14H,6-9,19H2,1-2H3. The molecule has 2 aromatic rings. The summed E-state index contributed by atoms with van der Waals surface area (Å²) in [5, 5.41) is 3.00. The third-order valence-corrected chi connectivity index (χ3v) is 5.56. The normalized spacial score (nSPS) is 17.3. The van der Waals surface area contributed by atoms with E-state index in [-0.39, 0.29) is 11.9 Å². The lowest BCUT2D eigenvalue weighted by Gasteiger charge is -2.33. The number of benzene rings is 1. The molecule has 0 aliphatic carbocycles. The molecule has 1 aliphatic heterocycles. The number of aryl methyl sites for hydroxylation is 1. The van der Waals surface area contributed by atoms with Gasteiger partial charge in [-0.05, 0) is 44.7 Å². The molecule has 0 bridgehead atoms. The van der Waals surface area contributed by atoms with Crippen molar-refractivity contribution in [3.63, 3.8) is 0 Å². The van der Waals surface area contributed by atoms with Gasteiger partial charge in [-0.2, -0.15) is 0 Å². The fourth-order valence-corrected chi connectivity index (χ4v) is 3.88. The van der Waals surface area contributed by atoms with Gasteiger partial charge >= 0.3 is 0 Å². The minimum absolute atomic E-state index is 0.114. The van der Waals surface area contributed by atoms with Crippen LogP contribution in [0, 0.1) is 12.8 Å². The van der Waals surface area contributed by atoms with E-state index in [1.807, 2.05) is 41.5 Å². The first-order valence-corrected chi connectivity index (χ1v) is 9.00. The minimum atomic E-state index is 0.114. The van der Waals surface area contributed by atoms with E-state index in [4.69, 9.17) is 5.73 Å². The minimum Gasteiger partial charge on any atom is -0.339 e. The van der Waals surface area contributed by atoms with Crippen molar-refractivity contribution in [3.8, 4) is 10.6 Å². The van der Waals surface area contributed by atoms with Crippen molar-refractivity contribution in [1.82, 2.24) is 9.88 Å². The number of thiazole rings is 1. The van der Waals surface area contributed by atoms with Gasteiger partial charge in [0.25, 0.3) is 5.91 Å². The van der Waals surface area contributed by atoms with Crippen LogP contribution in [0.15, 0.2) is 29.6 Å². The molecule has 4 nitrogen and oxygen atoms in total. The molecule has 1 aromatic heterocycles. The van der Waals surface area contributed by atoms with Gasteiger partial charge in [-0.15, -0.1) is 11.3 Å². The predicted octanol–water partition coefficient (Wildman–Crippen LogP) is 3.32. The highest BCUT2D eigenvalue weighted by atomic mass is 32.1. The van der Waals surface area contributed by atoms with Crippen molar-refractivity contribution in [1.29, 1.82) is 0 Å². The largest absolute Gasteiger partial charge is 0.339 e. The fraction of sp³-hybridized carbons (Fsp3) is 0.444. The molecule has 2 heterocycles. The highest BCUT2D eigenvalue weighted by molar-refractivity contribution is 7.13. The monoisotopic (exact) mass is 329 g/mol. The molecule has 1 fully saturated rings. The Morgan fingerprint density at radius 3 is 2.74 bits per heavy atom. The number of carbonyl (C=O) groups is 1. The van der Waals surface area contributed by atoms with Crippen LogP contribution >= 0.6 is 11.3 Å². The van der Waals surface area contributed by atoms with Crippen molar-refractivity contribution in [3.05, 3.63) is 40.9 Å². The molecule has 0 saturated carbocycles.